The SMILES string of the molecule is Cc1cccc(C(=O)NCCN2CCN(C(=O)c3cccs3)CC2)c1. The first kappa shape index (κ1) is 17.6. The van der Waals surface area contributed by atoms with Crippen LogP contribution in [0.2, 0.25) is 0 Å². The minimum atomic E-state index is -0.0322. The van der Waals surface area contributed by atoms with Gasteiger partial charge in [0.25, 0.3) is 11.8 Å². The Morgan fingerprint density at radius 2 is 1.92 bits per heavy atom. The normalized spacial score (nSPS) is 15.2. The molecule has 0 unspecified atom stereocenters. The maximum Gasteiger partial charge on any atom is 0.264 e. The van der Waals surface area contributed by atoms with Gasteiger partial charge in [-0.2, -0.15) is 0 Å². The summed E-state index contributed by atoms with van der Waals surface area (Å²) in [7, 11) is 0. The van der Waals surface area contributed by atoms with E-state index in [0.717, 1.165) is 43.2 Å². The van der Waals surface area contributed by atoms with E-state index in [0.29, 0.717) is 12.1 Å². The largest absolute Gasteiger partial charge is 0.351 e. The maximum absolute atomic E-state index is 12.3. The molecular formula is C19H23N3O2S. The first-order valence-electron chi connectivity index (χ1n) is 8.53. The van der Waals surface area contributed by atoms with Crippen molar-refractivity contribution in [2.45, 2.75) is 6.92 Å². The minimum Gasteiger partial charge on any atom is -0.351 e. The third-order valence-corrected chi connectivity index (χ3v) is 5.24. The molecule has 6 heteroatoms. The number of thiophene rings is 1. The summed E-state index contributed by atoms with van der Waals surface area (Å²) in [5.41, 5.74) is 1.78. The molecule has 0 bridgehead atoms. The molecule has 1 fully saturated rings. The van der Waals surface area contributed by atoms with Crippen molar-refractivity contribution in [3.63, 3.8) is 0 Å². The molecule has 0 saturated carbocycles. The van der Waals surface area contributed by atoms with Crippen LogP contribution >= 0.6 is 11.3 Å². The molecule has 0 atom stereocenters. The molecule has 2 aromatic rings. The third-order valence-electron chi connectivity index (χ3n) is 4.39. The number of hydrogen-bond donors (Lipinski definition) is 1. The van der Waals surface area contributed by atoms with Gasteiger partial charge in [0.2, 0.25) is 0 Å². The van der Waals surface area contributed by atoms with E-state index in [9.17, 15) is 9.59 Å². The number of benzene rings is 1. The summed E-state index contributed by atoms with van der Waals surface area (Å²) in [5.74, 6) is 0.0950. The molecule has 25 heavy (non-hydrogen) atoms. The van der Waals surface area contributed by atoms with Crippen LogP contribution in [0, 0.1) is 6.92 Å². The number of amides is 2. The number of rotatable bonds is 5. The lowest BCUT2D eigenvalue weighted by Gasteiger charge is -2.34. The van der Waals surface area contributed by atoms with E-state index < -0.39 is 0 Å². The molecule has 1 aliphatic rings. The van der Waals surface area contributed by atoms with Crippen LogP contribution in [0.15, 0.2) is 41.8 Å². The Balaban J connectivity index is 1.39. The molecule has 1 N–H and O–H groups in total. The van der Waals surface area contributed by atoms with Crippen LogP contribution in [0.5, 0.6) is 0 Å². The first-order valence-corrected chi connectivity index (χ1v) is 9.41. The molecule has 1 saturated heterocycles. The van der Waals surface area contributed by atoms with Gasteiger partial charge in [-0.05, 0) is 30.5 Å². The zero-order valence-electron chi connectivity index (χ0n) is 14.4. The Labute approximate surface area is 152 Å². The highest BCUT2D eigenvalue weighted by Crippen LogP contribution is 2.13. The van der Waals surface area contributed by atoms with Crippen molar-refractivity contribution in [2.24, 2.45) is 0 Å². The van der Waals surface area contributed by atoms with Crippen LogP contribution in [0.3, 0.4) is 0 Å². The van der Waals surface area contributed by atoms with Gasteiger partial charge in [-0.3, -0.25) is 14.5 Å². The lowest BCUT2D eigenvalue weighted by Crippen LogP contribution is -2.50. The average molecular weight is 357 g/mol. The summed E-state index contributed by atoms with van der Waals surface area (Å²) in [6, 6.07) is 11.4. The monoisotopic (exact) mass is 357 g/mol. The van der Waals surface area contributed by atoms with Crippen LogP contribution in [0.1, 0.15) is 25.6 Å². The standard InChI is InChI=1S/C19H23N3O2S/c1-15-4-2-5-16(14-15)18(23)20-7-8-21-9-11-22(12-10-21)19(24)17-6-3-13-25-17/h2-6,13-14H,7-12H2,1H3,(H,20,23). The predicted molar refractivity (Wildman–Crippen MR) is 100 cm³/mol. The van der Waals surface area contributed by atoms with Gasteiger partial charge in [0.05, 0.1) is 4.88 Å². The fourth-order valence-electron chi connectivity index (χ4n) is 2.95. The van der Waals surface area contributed by atoms with Gasteiger partial charge in [-0.15, -0.1) is 11.3 Å². The Hall–Kier alpha value is -2.18. The van der Waals surface area contributed by atoms with E-state index in [-0.39, 0.29) is 11.8 Å². The molecule has 2 amide bonds. The number of piperazine rings is 1. The van der Waals surface area contributed by atoms with Gasteiger partial charge in [0.1, 0.15) is 0 Å². The van der Waals surface area contributed by atoms with E-state index in [4.69, 9.17) is 0 Å². The Kier molecular flexibility index (Phi) is 5.83. The topological polar surface area (TPSA) is 52.7 Å². The van der Waals surface area contributed by atoms with Crippen molar-refractivity contribution in [2.75, 3.05) is 39.3 Å². The van der Waals surface area contributed by atoms with Gasteiger partial charge < -0.3 is 10.2 Å². The number of nitrogens with one attached hydrogen (secondary N) is 1. The van der Waals surface area contributed by atoms with Crippen molar-refractivity contribution in [3.8, 4) is 0 Å². The number of nitrogens with zero attached hydrogens (tertiary/aromatic N) is 2. The molecule has 0 spiro atoms. The van der Waals surface area contributed by atoms with E-state index in [1.165, 1.54) is 11.3 Å². The molecule has 5 nitrogen and oxygen atoms in total. The Morgan fingerprint density at radius 1 is 1.12 bits per heavy atom. The van der Waals surface area contributed by atoms with Crippen LogP contribution < -0.4 is 5.32 Å². The second-order valence-corrected chi connectivity index (χ2v) is 7.18. The summed E-state index contributed by atoms with van der Waals surface area (Å²) < 4.78 is 0. The number of aryl methyl sites for hydroxylation is 1. The predicted octanol–water partition coefficient (Wildman–Crippen LogP) is 2.24. The summed E-state index contributed by atoms with van der Waals surface area (Å²) >= 11 is 1.49. The van der Waals surface area contributed by atoms with Crippen LogP contribution in [-0.4, -0.2) is 60.9 Å². The second kappa shape index (κ2) is 8.27. The highest BCUT2D eigenvalue weighted by molar-refractivity contribution is 7.12. The van der Waals surface area contributed by atoms with Crippen molar-refractivity contribution in [1.82, 2.24) is 15.1 Å². The number of hydrogen-bond acceptors (Lipinski definition) is 4. The fraction of sp³-hybridized carbons (Fsp3) is 0.368. The lowest BCUT2D eigenvalue weighted by molar-refractivity contribution is 0.0643. The Bertz CT molecular complexity index is 722. The van der Waals surface area contributed by atoms with Crippen molar-refractivity contribution < 1.29 is 9.59 Å². The number of carbonyl (C=O) groups excluding carboxylic acids is 2. The molecule has 0 radical (unpaired) electrons. The second-order valence-electron chi connectivity index (χ2n) is 6.24. The fourth-order valence-corrected chi connectivity index (χ4v) is 3.64. The van der Waals surface area contributed by atoms with Crippen LogP contribution in [-0.2, 0) is 0 Å². The van der Waals surface area contributed by atoms with Gasteiger partial charge in [-0.1, -0.05) is 23.8 Å². The first-order chi connectivity index (χ1) is 12.1. The van der Waals surface area contributed by atoms with E-state index in [2.05, 4.69) is 10.2 Å². The van der Waals surface area contributed by atoms with E-state index in [1.54, 1.807) is 0 Å². The molecule has 132 valence electrons. The minimum absolute atomic E-state index is 0.0322. The summed E-state index contributed by atoms with van der Waals surface area (Å²) in [4.78, 5) is 29.4. The van der Waals surface area contributed by atoms with Crippen LogP contribution in [0.25, 0.3) is 0 Å². The van der Waals surface area contributed by atoms with Crippen molar-refractivity contribution in [3.05, 3.63) is 57.8 Å². The van der Waals surface area contributed by atoms with E-state index in [1.807, 2.05) is 53.6 Å². The molecule has 3 rings (SSSR count). The molecule has 1 aromatic carbocycles. The molecule has 1 aliphatic heterocycles. The number of carbonyl (C=O) groups is 2. The zero-order chi connectivity index (χ0) is 17.6. The quantitative estimate of drug-likeness (QED) is 0.893. The molecular weight excluding hydrogens is 334 g/mol. The zero-order valence-corrected chi connectivity index (χ0v) is 15.2. The van der Waals surface area contributed by atoms with Gasteiger partial charge in [0.15, 0.2) is 0 Å². The smallest absolute Gasteiger partial charge is 0.264 e. The van der Waals surface area contributed by atoms with Crippen LogP contribution in [0.4, 0.5) is 0 Å². The summed E-state index contributed by atoms with van der Waals surface area (Å²) in [5, 5.41) is 4.90. The third kappa shape index (κ3) is 4.67. The highest BCUT2D eigenvalue weighted by atomic mass is 32.1. The van der Waals surface area contributed by atoms with Crippen molar-refractivity contribution in [1.29, 1.82) is 0 Å². The summed E-state index contributed by atoms with van der Waals surface area (Å²) in [6.45, 7) is 6.57. The van der Waals surface area contributed by atoms with Gasteiger partial charge in [-0.25, -0.2) is 0 Å². The molecule has 0 aliphatic carbocycles. The molecule has 2 heterocycles. The van der Waals surface area contributed by atoms with Crippen molar-refractivity contribution >= 4 is 23.2 Å². The maximum atomic E-state index is 12.3. The Morgan fingerprint density at radius 3 is 2.60 bits per heavy atom. The van der Waals surface area contributed by atoms with E-state index >= 15 is 0 Å². The molecule has 1 aromatic heterocycles. The van der Waals surface area contributed by atoms with Gasteiger partial charge >= 0.3 is 0 Å². The highest BCUT2D eigenvalue weighted by Gasteiger charge is 2.22. The average Bonchev–Trinajstić information content (AvgIpc) is 3.16. The van der Waals surface area contributed by atoms with Gasteiger partial charge in [0, 0.05) is 44.8 Å². The lowest BCUT2D eigenvalue weighted by atomic mass is 10.1. The summed E-state index contributed by atoms with van der Waals surface area (Å²) in [6.07, 6.45) is 0.